The lowest BCUT2D eigenvalue weighted by molar-refractivity contribution is 0.603. The summed E-state index contributed by atoms with van der Waals surface area (Å²) in [6.07, 6.45) is 1.75. The van der Waals surface area contributed by atoms with E-state index in [2.05, 4.69) is 10.3 Å². The minimum Gasteiger partial charge on any atom is -0.306 e. The van der Waals surface area contributed by atoms with Crippen LogP contribution in [0.15, 0.2) is 36.5 Å². The summed E-state index contributed by atoms with van der Waals surface area (Å²) >= 11 is 6.19. The number of nitrogens with zero attached hydrogens (tertiary/aromatic N) is 1. The molecule has 0 saturated heterocycles. The average Bonchev–Trinajstić information content (AvgIpc) is 2.39. The standard InChI is InChI=1S/C15H16ClFN2/c1-3-18-15(11-6-7-19-10(2)8-11)13-9-12(17)4-5-14(13)16/h4-9,15,18H,3H2,1-2H3. The van der Waals surface area contributed by atoms with Crippen molar-refractivity contribution in [2.24, 2.45) is 0 Å². The van der Waals surface area contributed by atoms with Crippen LogP contribution in [0.4, 0.5) is 4.39 Å². The number of nitrogens with one attached hydrogen (secondary N) is 1. The predicted octanol–water partition coefficient (Wildman–Crippen LogP) is 3.88. The van der Waals surface area contributed by atoms with Crippen LogP contribution >= 0.6 is 11.6 Å². The molecular weight excluding hydrogens is 263 g/mol. The molecule has 0 aliphatic carbocycles. The van der Waals surface area contributed by atoms with Crippen LogP contribution in [0.1, 0.15) is 29.8 Å². The van der Waals surface area contributed by atoms with E-state index in [0.29, 0.717) is 5.02 Å². The van der Waals surface area contributed by atoms with Crippen molar-refractivity contribution in [1.82, 2.24) is 10.3 Å². The Hall–Kier alpha value is -1.45. The van der Waals surface area contributed by atoms with Crippen molar-refractivity contribution in [3.8, 4) is 0 Å². The van der Waals surface area contributed by atoms with Crippen LogP contribution in [0, 0.1) is 12.7 Å². The average molecular weight is 279 g/mol. The van der Waals surface area contributed by atoms with E-state index in [0.717, 1.165) is 23.4 Å². The SMILES string of the molecule is CCNC(c1ccnc(C)c1)c1cc(F)ccc1Cl. The zero-order valence-electron chi connectivity index (χ0n) is 11.0. The first kappa shape index (κ1) is 14.0. The molecule has 0 saturated carbocycles. The first-order valence-corrected chi connectivity index (χ1v) is 6.60. The first-order valence-electron chi connectivity index (χ1n) is 6.22. The Kier molecular flexibility index (Phi) is 4.51. The highest BCUT2D eigenvalue weighted by atomic mass is 35.5. The monoisotopic (exact) mass is 278 g/mol. The molecule has 1 heterocycles. The molecule has 1 atom stereocenters. The lowest BCUT2D eigenvalue weighted by Crippen LogP contribution is -2.22. The summed E-state index contributed by atoms with van der Waals surface area (Å²) in [4.78, 5) is 4.18. The van der Waals surface area contributed by atoms with E-state index in [1.165, 1.54) is 12.1 Å². The number of hydrogen-bond donors (Lipinski definition) is 1. The van der Waals surface area contributed by atoms with E-state index in [1.54, 1.807) is 12.3 Å². The lowest BCUT2D eigenvalue weighted by Gasteiger charge is -2.20. The summed E-state index contributed by atoms with van der Waals surface area (Å²) < 4.78 is 13.4. The number of aromatic nitrogens is 1. The van der Waals surface area contributed by atoms with Crippen LogP contribution in [-0.2, 0) is 0 Å². The third kappa shape index (κ3) is 3.31. The largest absolute Gasteiger partial charge is 0.306 e. The van der Waals surface area contributed by atoms with Crippen LogP contribution < -0.4 is 5.32 Å². The van der Waals surface area contributed by atoms with E-state index < -0.39 is 0 Å². The Morgan fingerprint density at radius 3 is 2.79 bits per heavy atom. The second-order valence-corrected chi connectivity index (χ2v) is 4.79. The molecule has 1 unspecified atom stereocenters. The van der Waals surface area contributed by atoms with Gasteiger partial charge in [-0.3, -0.25) is 4.98 Å². The summed E-state index contributed by atoms with van der Waals surface area (Å²) in [6, 6.07) is 8.20. The zero-order valence-corrected chi connectivity index (χ0v) is 11.7. The van der Waals surface area contributed by atoms with Crippen LogP contribution in [0.25, 0.3) is 0 Å². The molecule has 0 fully saturated rings. The molecule has 0 aliphatic rings. The van der Waals surface area contributed by atoms with Gasteiger partial charge in [0.25, 0.3) is 0 Å². The van der Waals surface area contributed by atoms with Gasteiger partial charge >= 0.3 is 0 Å². The summed E-state index contributed by atoms with van der Waals surface area (Å²) in [5.41, 5.74) is 2.70. The molecule has 0 radical (unpaired) electrons. The van der Waals surface area contributed by atoms with Crippen molar-refractivity contribution >= 4 is 11.6 Å². The molecule has 0 amide bonds. The minimum absolute atomic E-state index is 0.130. The van der Waals surface area contributed by atoms with E-state index in [4.69, 9.17) is 11.6 Å². The van der Waals surface area contributed by atoms with Crippen molar-refractivity contribution in [2.45, 2.75) is 19.9 Å². The summed E-state index contributed by atoms with van der Waals surface area (Å²) in [5, 5.41) is 3.89. The van der Waals surface area contributed by atoms with Crippen molar-refractivity contribution in [1.29, 1.82) is 0 Å². The van der Waals surface area contributed by atoms with Gasteiger partial charge in [-0.2, -0.15) is 0 Å². The van der Waals surface area contributed by atoms with Gasteiger partial charge in [-0.25, -0.2) is 4.39 Å². The third-order valence-corrected chi connectivity index (χ3v) is 3.28. The van der Waals surface area contributed by atoms with Crippen molar-refractivity contribution in [3.05, 3.63) is 64.2 Å². The van der Waals surface area contributed by atoms with E-state index >= 15 is 0 Å². The van der Waals surface area contributed by atoms with Gasteiger partial charge in [0.2, 0.25) is 0 Å². The molecule has 4 heteroatoms. The lowest BCUT2D eigenvalue weighted by atomic mass is 9.98. The maximum Gasteiger partial charge on any atom is 0.123 e. The van der Waals surface area contributed by atoms with Crippen molar-refractivity contribution < 1.29 is 4.39 Å². The molecule has 1 aromatic carbocycles. The number of pyridine rings is 1. The summed E-state index contributed by atoms with van der Waals surface area (Å²) in [7, 11) is 0. The Morgan fingerprint density at radius 2 is 2.11 bits per heavy atom. The Bertz CT molecular complexity index is 572. The molecule has 2 aromatic rings. The molecule has 2 rings (SSSR count). The number of benzene rings is 1. The summed E-state index contributed by atoms with van der Waals surface area (Å²) in [5.74, 6) is -0.284. The van der Waals surface area contributed by atoms with E-state index in [-0.39, 0.29) is 11.9 Å². The van der Waals surface area contributed by atoms with E-state index in [1.807, 2.05) is 26.0 Å². The smallest absolute Gasteiger partial charge is 0.123 e. The highest BCUT2D eigenvalue weighted by Crippen LogP contribution is 2.29. The number of rotatable bonds is 4. The van der Waals surface area contributed by atoms with E-state index in [9.17, 15) is 4.39 Å². The minimum atomic E-state index is -0.284. The number of halogens is 2. The highest BCUT2D eigenvalue weighted by molar-refractivity contribution is 6.31. The van der Waals surface area contributed by atoms with Crippen LogP contribution in [0.5, 0.6) is 0 Å². The van der Waals surface area contributed by atoms with Gasteiger partial charge in [-0.15, -0.1) is 0 Å². The predicted molar refractivity (Wildman–Crippen MR) is 75.9 cm³/mol. The molecule has 2 nitrogen and oxygen atoms in total. The van der Waals surface area contributed by atoms with Gasteiger partial charge in [-0.1, -0.05) is 18.5 Å². The van der Waals surface area contributed by atoms with Crippen LogP contribution in [0.2, 0.25) is 5.02 Å². The fourth-order valence-electron chi connectivity index (χ4n) is 2.09. The van der Waals surface area contributed by atoms with Gasteiger partial charge in [0.15, 0.2) is 0 Å². The second-order valence-electron chi connectivity index (χ2n) is 4.39. The van der Waals surface area contributed by atoms with Crippen LogP contribution in [0.3, 0.4) is 0 Å². The van der Waals surface area contributed by atoms with Gasteiger partial charge in [0.05, 0.1) is 6.04 Å². The van der Waals surface area contributed by atoms with Gasteiger partial charge in [-0.05, 0) is 54.9 Å². The van der Waals surface area contributed by atoms with Crippen molar-refractivity contribution in [2.75, 3.05) is 6.54 Å². The summed E-state index contributed by atoms with van der Waals surface area (Å²) in [6.45, 7) is 4.70. The molecule has 0 spiro atoms. The number of hydrogen-bond acceptors (Lipinski definition) is 2. The molecule has 19 heavy (non-hydrogen) atoms. The molecule has 1 aromatic heterocycles. The Morgan fingerprint density at radius 1 is 1.32 bits per heavy atom. The van der Waals surface area contributed by atoms with Crippen molar-refractivity contribution in [3.63, 3.8) is 0 Å². The fourth-order valence-corrected chi connectivity index (χ4v) is 2.32. The highest BCUT2D eigenvalue weighted by Gasteiger charge is 2.17. The zero-order chi connectivity index (χ0) is 13.8. The maximum atomic E-state index is 13.4. The molecule has 0 bridgehead atoms. The second kappa shape index (κ2) is 6.13. The maximum absolute atomic E-state index is 13.4. The third-order valence-electron chi connectivity index (χ3n) is 2.93. The Balaban J connectivity index is 2.48. The van der Waals surface area contributed by atoms with Gasteiger partial charge in [0, 0.05) is 16.9 Å². The quantitative estimate of drug-likeness (QED) is 0.918. The van der Waals surface area contributed by atoms with Gasteiger partial charge < -0.3 is 5.32 Å². The number of aryl methyl sites for hydroxylation is 1. The van der Waals surface area contributed by atoms with Crippen LogP contribution in [-0.4, -0.2) is 11.5 Å². The molecular formula is C15H16ClFN2. The first-order chi connectivity index (χ1) is 9.11. The Labute approximate surface area is 117 Å². The normalized spacial score (nSPS) is 12.4. The molecule has 100 valence electrons. The fraction of sp³-hybridized carbons (Fsp3) is 0.267. The van der Waals surface area contributed by atoms with Gasteiger partial charge in [0.1, 0.15) is 5.82 Å². The topological polar surface area (TPSA) is 24.9 Å². The molecule has 0 aliphatic heterocycles. The molecule has 1 N–H and O–H groups in total.